The Morgan fingerprint density at radius 3 is 2.85 bits per heavy atom. The molecule has 1 aliphatic rings. The van der Waals surface area contributed by atoms with Crippen LogP contribution in [0.5, 0.6) is 0 Å². The summed E-state index contributed by atoms with van der Waals surface area (Å²) in [7, 11) is 3.24. The van der Waals surface area contributed by atoms with Gasteiger partial charge in [0.15, 0.2) is 5.96 Å². The summed E-state index contributed by atoms with van der Waals surface area (Å²) in [5, 5.41) is 3.39. The maximum atomic E-state index is 11.1. The van der Waals surface area contributed by atoms with E-state index in [2.05, 4.69) is 32.1 Å². The predicted molar refractivity (Wildman–Crippen MR) is 103 cm³/mol. The molecule has 0 bridgehead atoms. The lowest BCUT2D eigenvalue weighted by molar-refractivity contribution is -0.140. The standard InChI is InChI=1S/C20H31N3O3/c1-21-20(22-12-7-6-10-19(24)25-2)23-13-11-18(14-23)16-26-15-17-8-4-3-5-9-17/h3-5,8-9,18H,6-7,10-16H2,1-2H3,(H,21,22). The Labute approximate surface area is 156 Å². The molecule has 0 aromatic heterocycles. The molecule has 1 atom stereocenters. The van der Waals surface area contributed by atoms with Crippen LogP contribution in [0.3, 0.4) is 0 Å². The molecule has 0 radical (unpaired) electrons. The Hall–Kier alpha value is -2.08. The van der Waals surface area contributed by atoms with Gasteiger partial charge in [0.05, 0.1) is 20.3 Å². The van der Waals surface area contributed by atoms with E-state index in [4.69, 9.17) is 4.74 Å². The van der Waals surface area contributed by atoms with E-state index in [1.54, 1.807) is 0 Å². The lowest BCUT2D eigenvalue weighted by atomic mass is 10.1. The maximum absolute atomic E-state index is 11.1. The first-order chi connectivity index (χ1) is 12.7. The van der Waals surface area contributed by atoms with E-state index in [0.717, 1.165) is 51.5 Å². The van der Waals surface area contributed by atoms with E-state index in [1.807, 2.05) is 25.2 Å². The summed E-state index contributed by atoms with van der Waals surface area (Å²) in [6, 6.07) is 10.3. The van der Waals surface area contributed by atoms with Crippen molar-refractivity contribution in [2.24, 2.45) is 10.9 Å². The Kier molecular flexibility index (Phi) is 8.96. The molecule has 1 unspecified atom stereocenters. The van der Waals surface area contributed by atoms with Crippen molar-refractivity contribution in [1.29, 1.82) is 0 Å². The van der Waals surface area contributed by atoms with Gasteiger partial charge in [-0.2, -0.15) is 0 Å². The van der Waals surface area contributed by atoms with Crippen LogP contribution in [0.15, 0.2) is 35.3 Å². The van der Waals surface area contributed by atoms with E-state index >= 15 is 0 Å². The lowest BCUT2D eigenvalue weighted by Crippen LogP contribution is -2.40. The highest BCUT2D eigenvalue weighted by molar-refractivity contribution is 5.80. The topological polar surface area (TPSA) is 63.2 Å². The zero-order chi connectivity index (χ0) is 18.6. The number of rotatable bonds is 9. The zero-order valence-corrected chi connectivity index (χ0v) is 15.9. The summed E-state index contributed by atoms with van der Waals surface area (Å²) in [4.78, 5) is 17.8. The molecular weight excluding hydrogens is 330 g/mol. The van der Waals surface area contributed by atoms with Gasteiger partial charge in [-0.1, -0.05) is 30.3 Å². The molecule has 1 N–H and O–H groups in total. The second-order valence-electron chi connectivity index (χ2n) is 6.61. The quantitative estimate of drug-likeness (QED) is 0.317. The summed E-state index contributed by atoms with van der Waals surface area (Å²) < 4.78 is 10.5. The Balaban J connectivity index is 1.61. The van der Waals surface area contributed by atoms with E-state index in [1.165, 1.54) is 12.7 Å². The number of hydrogen-bond donors (Lipinski definition) is 1. The Bertz CT molecular complexity index is 563. The number of unbranched alkanes of at least 4 members (excludes halogenated alkanes) is 1. The van der Waals surface area contributed by atoms with Crippen LogP contribution in [-0.4, -0.2) is 57.2 Å². The molecule has 1 heterocycles. The number of carbonyl (C=O) groups is 1. The summed E-state index contributed by atoms with van der Waals surface area (Å²) in [5.74, 6) is 1.33. The van der Waals surface area contributed by atoms with Gasteiger partial charge in [0.2, 0.25) is 0 Å². The number of carbonyl (C=O) groups excluding carboxylic acids is 1. The minimum Gasteiger partial charge on any atom is -0.469 e. The molecule has 1 aromatic carbocycles. The van der Waals surface area contributed by atoms with Gasteiger partial charge in [0, 0.05) is 39.0 Å². The van der Waals surface area contributed by atoms with Gasteiger partial charge in [-0.15, -0.1) is 0 Å². The van der Waals surface area contributed by atoms with Crippen molar-refractivity contribution in [3.8, 4) is 0 Å². The van der Waals surface area contributed by atoms with Crippen LogP contribution in [0, 0.1) is 5.92 Å². The number of ether oxygens (including phenoxy) is 2. The SMILES string of the molecule is CN=C(NCCCCC(=O)OC)N1CCC(COCc2ccccc2)C1. The molecule has 1 aromatic rings. The molecule has 1 saturated heterocycles. The van der Waals surface area contributed by atoms with E-state index in [-0.39, 0.29) is 5.97 Å². The van der Waals surface area contributed by atoms with Crippen molar-refractivity contribution in [2.75, 3.05) is 40.4 Å². The predicted octanol–water partition coefficient (Wildman–Crippen LogP) is 2.44. The highest BCUT2D eigenvalue weighted by atomic mass is 16.5. The van der Waals surface area contributed by atoms with Crippen molar-refractivity contribution in [1.82, 2.24) is 10.2 Å². The average Bonchev–Trinajstić information content (AvgIpc) is 3.14. The van der Waals surface area contributed by atoms with Crippen LogP contribution in [-0.2, 0) is 20.9 Å². The van der Waals surface area contributed by atoms with Crippen molar-refractivity contribution in [3.63, 3.8) is 0 Å². The molecule has 0 amide bonds. The highest BCUT2D eigenvalue weighted by Crippen LogP contribution is 2.17. The van der Waals surface area contributed by atoms with Crippen molar-refractivity contribution in [2.45, 2.75) is 32.3 Å². The maximum Gasteiger partial charge on any atom is 0.305 e. The number of nitrogens with one attached hydrogen (secondary N) is 1. The van der Waals surface area contributed by atoms with Gasteiger partial charge in [-0.3, -0.25) is 9.79 Å². The summed E-state index contributed by atoms with van der Waals surface area (Å²) in [5.41, 5.74) is 1.21. The zero-order valence-electron chi connectivity index (χ0n) is 15.9. The van der Waals surface area contributed by atoms with Crippen LogP contribution in [0.2, 0.25) is 0 Å². The molecule has 144 valence electrons. The monoisotopic (exact) mass is 361 g/mol. The highest BCUT2D eigenvalue weighted by Gasteiger charge is 2.24. The second-order valence-corrected chi connectivity index (χ2v) is 6.61. The molecule has 1 aliphatic heterocycles. The van der Waals surface area contributed by atoms with Crippen LogP contribution in [0.25, 0.3) is 0 Å². The molecule has 1 fully saturated rings. The minimum absolute atomic E-state index is 0.146. The molecular formula is C20H31N3O3. The van der Waals surface area contributed by atoms with Gasteiger partial charge >= 0.3 is 5.97 Å². The number of aliphatic imine (C=N–C) groups is 1. The molecule has 0 aliphatic carbocycles. The third-order valence-electron chi connectivity index (χ3n) is 4.58. The van der Waals surface area contributed by atoms with Crippen LogP contribution in [0.4, 0.5) is 0 Å². The molecule has 6 nitrogen and oxygen atoms in total. The summed E-state index contributed by atoms with van der Waals surface area (Å²) >= 11 is 0. The van der Waals surface area contributed by atoms with Gasteiger partial charge < -0.3 is 19.7 Å². The minimum atomic E-state index is -0.146. The first-order valence-electron chi connectivity index (χ1n) is 9.37. The third-order valence-corrected chi connectivity index (χ3v) is 4.58. The normalized spacial score (nSPS) is 17.4. The van der Waals surface area contributed by atoms with Crippen molar-refractivity contribution >= 4 is 11.9 Å². The first kappa shape index (κ1) is 20.2. The lowest BCUT2D eigenvalue weighted by Gasteiger charge is -2.21. The van der Waals surface area contributed by atoms with Gasteiger partial charge in [0.1, 0.15) is 0 Å². The van der Waals surface area contributed by atoms with E-state index < -0.39 is 0 Å². The van der Waals surface area contributed by atoms with Crippen molar-refractivity contribution < 1.29 is 14.3 Å². The third kappa shape index (κ3) is 7.04. The number of likely N-dealkylation sites (tertiary alicyclic amines) is 1. The Morgan fingerprint density at radius 1 is 1.31 bits per heavy atom. The number of nitrogens with zero attached hydrogens (tertiary/aromatic N) is 2. The van der Waals surface area contributed by atoms with Gasteiger partial charge in [-0.05, 0) is 24.8 Å². The van der Waals surface area contributed by atoms with E-state index in [9.17, 15) is 4.79 Å². The average molecular weight is 361 g/mol. The molecule has 26 heavy (non-hydrogen) atoms. The number of guanidine groups is 1. The molecule has 2 rings (SSSR count). The smallest absolute Gasteiger partial charge is 0.305 e. The summed E-state index contributed by atoms with van der Waals surface area (Å²) in [6.45, 7) is 4.24. The number of esters is 1. The van der Waals surface area contributed by atoms with Crippen LogP contribution >= 0.6 is 0 Å². The largest absolute Gasteiger partial charge is 0.469 e. The van der Waals surface area contributed by atoms with Gasteiger partial charge in [-0.25, -0.2) is 0 Å². The molecule has 0 spiro atoms. The molecule has 6 heteroatoms. The van der Waals surface area contributed by atoms with Crippen molar-refractivity contribution in [3.05, 3.63) is 35.9 Å². The second kappa shape index (κ2) is 11.5. The fraction of sp³-hybridized carbons (Fsp3) is 0.600. The number of methoxy groups -OCH3 is 1. The van der Waals surface area contributed by atoms with Crippen LogP contribution in [0.1, 0.15) is 31.2 Å². The Morgan fingerprint density at radius 2 is 2.12 bits per heavy atom. The fourth-order valence-electron chi connectivity index (χ4n) is 3.11. The number of hydrogen-bond acceptors (Lipinski definition) is 4. The van der Waals surface area contributed by atoms with E-state index in [0.29, 0.717) is 18.9 Å². The van der Waals surface area contributed by atoms with Gasteiger partial charge in [0.25, 0.3) is 0 Å². The summed E-state index contributed by atoms with van der Waals surface area (Å²) in [6.07, 6.45) is 3.34. The number of benzene rings is 1. The first-order valence-corrected chi connectivity index (χ1v) is 9.37. The van der Waals surface area contributed by atoms with Crippen LogP contribution < -0.4 is 5.32 Å². The fourth-order valence-corrected chi connectivity index (χ4v) is 3.11. The molecule has 0 saturated carbocycles.